The molecular formula is C13H17ClN2O3. The minimum absolute atomic E-state index is 0. The highest BCUT2D eigenvalue weighted by Crippen LogP contribution is 2.27. The van der Waals surface area contributed by atoms with Gasteiger partial charge in [-0.05, 0) is 24.3 Å². The zero-order chi connectivity index (χ0) is 12.8. The fourth-order valence-electron chi connectivity index (χ4n) is 1.56. The van der Waals surface area contributed by atoms with Crippen LogP contribution in [0.1, 0.15) is 5.56 Å². The first-order valence-corrected chi connectivity index (χ1v) is 5.67. The quantitative estimate of drug-likeness (QED) is 0.709. The number of aliphatic hydroxyl groups excluding tert-OH is 1. The lowest BCUT2D eigenvalue weighted by Gasteiger charge is -2.12. The van der Waals surface area contributed by atoms with Crippen molar-refractivity contribution >= 4 is 23.8 Å². The number of hydrogen-bond donors (Lipinski definition) is 3. The molecule has 0 aliphatic heterocycles. The number of ether oxygens (including phenoxy) is 1. The average molecular weight is 285 g/mol. The highest BCUT2D eigenvalue weighted by Gasteiger charge is 2.04. The highest BCUT2D eigenvalue weighted by atomic mass is 35.5. The number of nitrogen functional groups attached to an aromatic ring is 1. The maximum absolute atomic E-state index is 8.77. The van der Waals surface area contributed by atoms with Crippen LogP contribution in [0.2, 0.25) is 0 Å². The van der Waals surface area contributed by atoms with Crippen LogP contribution in [-0.4, -0.2) is 18.3 Å². The van der Waals surface area contributed by atoms with Crippen LogP contribution in [-0.2, 0) is 6.54 Å². The van der Waals surface area contributed by atoms with Gasteiger partial charge in [-0.25, -0.2) is 0 Å². The van der Waals surface area contributed by atoms with Crippen molar-refractivity contribution in [2.45, 2.75) is 6.54 Å². The van der Waals surface area contributed by atoms with Gasteiger partial charge in [0.1, 0.15) is 12.4 Å². The Morgan fingerprint density at radius 2 is 2.16 bits per heavy atom. The van der Waals surface area contributed by atoms with Gasteiger partial charge < -0.3 is 25.3 Å². The first kappa shape index (κ1) is 15.2. The molecule has 0 amide bonds. The number of benzene rings is 1. The van der Waals surface area contributed by atoms with Gasteiger partial charge in [0.2, 0.25) is 0 Å². The number of hydrogen-bond acceptors (Lipinski definition) is 5. The molecule has 1 aromatic carbocycles. The molecule has 0 saturated carbocycles. The second kappa shape index (κ2) is 7.56. The molecule has 104 valence electrons. The average Bonchev–Trinajstić information content (AvgIpc) is 2.88. The molecule has 1 aromatic heterocycles. The Balaban J connectivity index is 0.00000180. The summed E-state index contributed by atoms with van der Waals surface area (Å²) in [5, 5.41) is 12.0. The van der Waals surface area contributed by atoms with Gasteiger partial charge in [0, 0.05) is 17.8 Å². The Bertz CT molecular complexity index is 489. The van der Waals surface area contributed by atoms with Crippen molar-refractivity contribution in [2.75, 3.05) is 24.3 Å². The van der Waals surface area contributed by atoms with E-state index in [0.29, 0.717) is 18.0 Å². The second-order valence-corrected chi connectivity index (χ2v) is 3.81. The fraction of sp³-hybridized carbons (Fsp3) is 0.231. The molecule has 0 unspecified atom stereocenters. The van der Waals surface area contributed by atoms with Crippen LogP contribution in [0.5, 0.6) is 5.75 Å². The van der Waals surface area contributed by atoms with Gasteiger partial charge in [-0.2, -0.15) is 0 Å². The summed E-state index contributed by atoms with van der Waals surface area (Å²) in [7, 11) is 0. The van der Waals surface area contributed by atoms with Crippen LogP contribution in [0, 0.1) is 0 Å². The number of aliphatic hydroxyl groups is 1. The lowest BCUT2D eigenvalue weighted by molar-refractivity contribution is 0.202. The lowest BCUT2D eigenvalue weighted by atomic mass is 10.2. The van der Waals surface area contributed by atoms with Crippen LogP contribution < -0.4 is 15.8 Å². The minimum Gasteiger partial charge on any atom is -0.489 e. The number of furan rings is 1. The molecule has 0 spiro atoms. The predicted molar refractivity (Wildman–Crippen MR) is 76.7 cm³/mol. The number of rotatable bonds is 6. The van der Waals surface area contributed by atoms with Crippen molar-refractivity contribution < 1.29 is 14.3 Å². The monoisotopic (exact) mass is 284 g/mol. The molecule has 19 heavy (non-hydrogen) atoms. The first-order chi connectivity index (χ1) is 8.79. The summed E-state index contributed by atoms with van der Waals surface area (Å²) in [6.07, 6.45) is 3.30. The molecule has 0 atom stereocenters. The molecule has 4 N–H and O–H groups in total. The van der Waals surface area contributed by atoms with Crippen molar-refractivity contribution in [1.29, 1.82) is 0 Å². The van der Waals surface area contributed by atoms with Crippen LogP contribution in [0.3, 0.4) is 0 Å². The molecule has 5 nitrogen and oxygen atoms in total. The Morgan fingerprint density at radius 3 is 2.84 bits per heavy atom. The minimum atomic E-state index is -0.0223. The summed E-state index contributed by atoms with van der Waals surface area (Å²) in [4.78, 5) is 0. The van der Waals surface area contributed by atoms with Gasteiger partial charge in [0.25, 0.3) is 0 Å². The normalized spacial score (nSPS) is 9.74. The number of anilines is 2. The van der Waals surface area contributed by atoms with E-state index in [4.69, 9.17) is 20.0 Å². The third-order valence-corrected chi connectivity index (χ3v) is 2.42. The van der Waals surface area contributed by atoms with Crippen LogP contribution >= 0.6 is 12.4 Å². The lowest BCUT2D eigenvalue weighted by Crippen LogP contribution is -2.06. The van der Waals surface area contributed by atoms with Crippen LogP contribution in [0.25, 0.3) is 0 Å². The van der Waals surface area contributed by atoms with Gasteiger partial charge in [-0.3, -0.25) is 0 Å². The molecular weight excluding hydrogens is 268 g/mol. The Morgan fingerprint density at radius 1 is 1.32 bits per heavy atom. The summed E-state index contributed by atoms with van der Waals surface area (Å²) in [6.45, 7) is 0.852. The number of nitrogens with two attached hydrogens (primary N) is 1. The maximum Gasteiger partial charge on any atom is 0.142 e. The van der Waals surface area contributed by atoms with E-state index in [0.717, 1.165) is 11.3 Å². The Kier molecular flexibility index (Phi) is 6.05. The van der Waals surface area contributed by atoms with Crippen LogP contribution in [0.15, 0.2) is 41.2 Å². The van der Waals surface area contributed by atoms with Crippen molar-refractivity contribution in [3.63, 3.8) is 0 Å². The van der Waals surface area contributed by atoms with E-state index < -0.39 is 0 Å². The molecule has 2 aromatic rings. The summed E-state index contributed by atoms with van der Waals surface area (Å²) in [6, 6.07) is 7.22. The molecule has 0 saturated heterocycles. The van der Waals surface area contributed by atoms with Crippen molar-refractivity contribution in [3.8, 4) is 5.75 Å². The van der Waals surface area contributed by atoms with E-state index >= 15 is 0 Å². The third-order valence-electron chi connectivity index (χ3n) is 2.42. The molecule has 1 heterocycles. The van der Waals surface area contributed by atoms with Crippen molar-refractivity contribution in [3.05, 3.63) is 42.4 Å². The Hall–Kier alpha value is -1.85. The zero-order valence-corrected chi connectivity index (χ0v) is 11.2. The van der Waals surface area contributed by atoms with Gasteiger partial charge in [-0.1, -0.05) is 0 Å². The number of halogens is 1. The predicted octanol–water partition coefficient (Wildman–Crippen LogP) is 2.27. The molecule has 0 aliphatic carbocycles. The van der Waals surface area contributed by atoms with E-state index in [2.05, 4.69) is 5.32 Å². The van der Waals surface area contributed by atoms with E-state index in [-0.39, 0.29) is 25.6 Å². The molecule has 0 fully saturated rings. The second-order valence-electron chi connectivity index (χ2n) is 3.81. The molecule has 0 radical (unpaired) electrons. The smallest absolute Gasteiger partial charge is 0.142 e. The van der Waals surface area contributed by atoms with Gasteiger partial charge >= 0.3 is 0 Å². The van der Waals surface area contributed by atoms with Gasteiger partial charge in [0.05, 0.1) is 24.8 Å². The fourth-order valence-corrected chi connectivity index (χ4v) is 1.56. The van der Waals surface area contributed by atoms with E-state index in [1.165, 1.54) is 0 Å². The number of nitrogens with one attached hydrogen (secondary N) is 1. The Labute approximate surface area is 117 Å². The topological polar surface area (TPSA) is 80.7 Å². The highest BCUT2D eigenvalue weighted by molar-refractivity contribution is 5.85. The summed E-state index contributed by atoms with van der Waals surface area (Å²) in [5.41, 5.74) is 8.22. The molecule has 0 aliphatic rings. The first-order valence-electron chi connectivity index (χ1n) is 5.67. The van der Waals surface area contributed by atoms with Crippen molar-refractivity contribution in [1.82, 2.24) is 0 Å². The summed E-state index contributed by atoms with van der Waals surface area (Å²) in [5.74, 6) is 0.668. The van der Waals surface area contributed by atoms with Gasteiger partial charge in [0.15, 0.2) is 0 Å². The summed E-state index contributed by atoms with van der Waals surface area (Å²) >= 11 is 0. The molecule has 6 heteroatoms. The van der Waals surface area contributed by atoms with Crippen molar-refractivity contribution in [2.24, 2.45) is 0 Å². The maximum atomic E-state index is 8.77. The van der Waals surface area contributed by atoms with E-state index in [1.54, 1.807) is 30.7 Å². The third kappa shape index (κ3) is 4.39. The SMILES string of the molecule is Cl.Nc1ccc(OCCO)c(NCc2ccoc2)c1. The zero-order valence-electron chi connectivity index (χ0n) is 10.3. The summed E-state index contributed by atoms with van der Waals surface area (Å²) < 4.78 is 10.4. The van der Waals surface area contributed by atoms with Gasteiger partial charge in [-0.15, -0.1) is 12.4 Å². The van der Waals surface area contributed by atoms with Crippen LogP contribution in [0.4, 0.5) is 11.4 Å². The molecule has 2 rings (SSSR count). The molecule has 0 bridgehead atoms. The van der Waals surface area contributed by atoms with E-state index in [1.807, 2.05) is 6.07 Å². The van der Waals surface area contributed by atoms with E-state index in [9.17, 15) is 0 Å². The standard InChI is InChI=1S/C13H16N2O3.ClH/c14-11-1-2-13(18-6-4-16)12(7-11)15-8-10-3-5-17-9-10;/h1-3,5,7,9,15-16H,4,6,8,14H2;1H. The largest absolute Gasteiger partial charge is 0.489 e.